The van der Waals surface area contributed by atoms with Crippen LogP contribution in [0.5, 0.6) is 0 Å². The van der Waals surface area contributed by atoms with Gasteiger partial charge in [0.25, 0.3) is 0 Å². The molecule has 2 aromatic carbocycles. The number of carboxylic acids is 2. The molecule has 3 rings (SSSR count). The topological polar surface area (TPSA) is 109 Å². The van der Waals surface area contributed by atoms with Crippen LogP contribution in [0.3, 0.4) is 0 Å². The number of benzene rings is 2. The highest BCUT2D eigenvalue weighted by Crippen LogP contribution is 2.60. The molecule has 1 aliphatic heterocycles. The highest BCUT2D eigenvalue weighted by molar-refractivity contribution is 7.92. The Morgan fingerprint density at radius 1 is 0.875 bits per heavy atom. The Morgan fingerprint density at radius 3 is 2.00 bits per heavy atom. The minimum Gasteiger partial charge on any atom is -0.478 e. The third kappa shape index (κ3) is 2.20. The van der Waals surface area contributed by atoms with Gasteiger partial charge in [-0.2, -0.15) is 0 Å². The zero-order valence-corrected chi connectivity index (χ0v) is 13.1. The standard InChI is InChI=1S/C17H11O6P/c18-15(19)9-14(16(20)21)24(23)13-8-4-3-6-11(13)10-5-1-2-7-12(10)17(24)22/h1-9H,(H,18,19)(H,20,21)/b14-9+. The smallest absolute Gasteiger partial charge is 0.340 e. The number of hydrogen-bond acceptors (Lipinski definition) is 4. The first-order valence-electron chi connectivity index (χ1n) is 6.90. The fraction of sp³-hybridized carbons (Fsp3) is 0. The molecule has 0 bridgehead atoms. The Labute approximate surface area is 136 Å². The molecule has 0 fully saturated rings. The molecule has 0 amide bonds. The summed E-state index contributed by atoms with van der Waals surface area (Å²) in [5.74, 6) is -3.27. The summed E-state index contributed by atoms with van der Waals surface area (Å²) in [6, 6.07) is 12.7. The minimum atomic E-state index is -4.31. The van der Waals surface area contributed by atoms with Gasteiger partial charge >= 0.3 is 11.9 Å². The van der Waals surface area contributed by atoms with Gasteiger partial charge in [-0.15, -0.1) is 0 Å². The monoisotopic (exact) mass is 342 g/mol. The summed E-state index contributed by atoms with van der Waals surface area (Å²) in [7, 11) is -4.31. The average molecular weight is 342 g/mol. The number of carbonyl (C=O) groups excluding carboxylic acids is 1. The van der Waals surface area contributed by atoms with E-state index in [0.29, 0.717) is 17.2 Å². The van der Waals surface area contributed by atoms with E-state index in [9.17, 15) is 24.1 Å². The lowest BCUT2D eigenvalue weighted by Gasteiger charge is -2.27. The van der Waals surface area contributed by atoms with Gasteiger partial charge in [-0.3, -0.25) is 4.79 Å². The Bertz CT molecular complexity index is 973. The molecular weight excluding hydrogens is 331 g/mol. The Balaban J connectivity index is 2.42. The van der Waals surface area contributed by atoms with Gasteiger partial charge in [0.15, 0.2) is 0 Å². The molecule has 0 aliphatic carbocycles. The molecule has 2 aromatic rings. The lowest BCUT2D eigenvalue weighted by atomic mass is 10.00. The molecule has 6 nitrogen and oxygen atoms in total. The molecule has 0 aromatic heterocycles. The lowest BCUT2D eigenvalue weighted by molar-refractivity contribution is -0.134. The van der Waals surface area contributed by atoms with Crippen LogP contribution in [-0.2, 0) is 14.2 Å². The Morgan fingerprint density at radius 2 is 1.42 bits per heavy atom. The molecule has 0 saturated carbocycles. The number of rotatable bonds is 3. The molecule has 0 radical (unpaired) electrons. The predicted molar refractivity (Wildman–Crippen MR) is 86.8 cm³/mol. The van der Waals surface area contributed by atoms with Crippen molar-refractivity contribution in [3.05, 3.63) is 65.5 Å². The zero-order valence-electron chi connectivity index (χ0n) is 12.2. The quantitative estimate of drug-likeness (QED) is 0.655. The average Bonchev–Trinajstić information content (AvgIpc) is 2.57. The molecule has 1 atom stereocenters. The fourth-order valence-electron chi connectivity index (χ4n) is 2.80. The van der Waals surface area contributed by atoms with E-state index in [-0.39, 0.29) is 10.9 Å². The summed E-state index contributed by atoms with van der Waals surface area (Å²) in [6.45, 7) is 0. The summed E-state index contributed by atoms with van der Waals surface area (Å²) in [6.07, 6.45) is 0.339. The van der Waals surface area contributed by atoms with E-state index < -0.39 is 29.9 Å². The number of hydrogen-bond donors (Lipinski definition) is 2. The van der Waals surface area contributed by atoms with Gasteiger partial charge in [0, 0.05) is 16.9 Å². The molecule has 1 heterocycles. The van der Waals surface area contributed by atoms with Crippen LogP contribution in [0.4, 0.5) is 0 Å². The van der Waals surface area contributed by atoms with E-state index in [1.165, 1.54) is 18.2 Å². The maximum absolute atomic E-state index is 13.6. The van der Waals surface area contributed by atoms with Crippen molar-refractivity contribution in [2.75, 3.05) is 0 Å². The van der Waals surface area contributed by atoms with Crippen LogP contribution in [0.25, 0.3) is 11.1 Å². The Hall–Kier alpha value is -2.98. The third-order valence-corrected chi connectivity index (χ3v) is 6.68. The largest absolute Gasteiger partial charge is 0.478 e. The van der Waals surface area contributed by atoms with Crippen LogP contribution >= 0.6 is 7.14 Å². The van der Waals surface area contributed by atoms with Crippen molar-refractivity contribution in [3.8, 4) is 11.1 Å². The predicted octanol–water partition coefficient (Wildman–Crippen LogP) is 2.55. The van der Waals surface area contributed by atoms with E-state index in [1.54, 1.807) is 30.3 Å². The maximum Gasteiger partial charge on any atom is 0.340 e. The fourth-order valence-corrected chi connectivity index (χ4v) is 5.43. The first kappa shape index (κ1) is 15.9. The van der Waals surface area contributed by atoms with Gasteiger partial charge in [0.1, 0.15) is 5.31 Å². The number of aliphatic carboxylic acids is 2. The summed E-state index contributed by atoms with van der Waals surface area (Å²) < 4.78 is 13.6. The molecule has 1 unspecified atom stereocenters. The van der Waals surface area contributed by atoms with Gasteiger partial charge in [-0.25, -0.2) is 9.59 Å². The van der Waals surface area contributed by atoms with Crippen LogP contribution in [0.2, 0.25) is 0 Å². The molecule has 120 valence electrons. The first-order valence-corrected chi connectivity index (χ1v) is 8.60. The summed E-state index contributed by atoms with van der Waals surface area (Å²) in [5.41, 5.74) is 0.266. The second kappa shape index (κ2) is 5.58. The molecular formula is C17H11O6P. The van der Waals surface area contributed by atoms with Crippen LogP contribution in [0.15, 0.2) is 59.9 Å². The van der Waals surface area contributed by atoms with Crippen molar-refractivity contribution >= 4 is 29.9 Å². The van der Waals surface area contributed by atoms with E-state index in [1.807, 2.05) is 0 Å². The molecule has 24 heavy (non-hydrogen) atoms. The van der Waals surface area contributed by atoms with Crippen molar-refractivity contribution < 1.29 is 29.2 Å². The first-order chi connectivity index (χ1) is 11.4. The normalized spacial score (nSPS) is 19.3. The van der Waals surface area contributed by atoms with E-state index in [0.717, 1.165) is 0 Å². The lowest BCUT2D eigenvalue weighted by Crippen LogP contribution is -2.25. The van der Waals surface area contributed by atoms with E-state index in [2.05, 4.69) is 0 Å². The second-order valence-corrected chi connectivity index (χ2v) is 7.74. The van der Waals surface area contributed by atoms with Crippen molar-refractivity contribution in [1.82, 2.24) is 0 Å². The van der Waals surface area contributed by atoms with Crippen molar-refractivity contribution in [1.29, 1.82) is 0 Å². The van der Waals surface area contributed by atoms with Gasteiger partial charge in [-0.05, 0) is 11.1 Å². The van der Waals surface area contributed by atoms with Gasteiger partial charge in [-0.1, -0.05) is 48.5 Å². The minimum absolute atomic E-state index is 0.0450. The zero-order chi connectivity index (χ0) is 17.5. The molecule has 7 heteroatoms. The van der Waals surface area contributed by atoms with Crippen LogP contribution in [0, 0.1) is 0 Å². The highest BCUT2D eigenvalue weighted by atomic mass is 31.2. The SMILES string of the molecule is O=C(O)/C=C(\C(=O)O)P1(=O)C(=O)c2ccccc2-c2ccccc21. The Kier molecular flexibility index (Phi) is 3.70. The number of carboxylic acid groups (broad SMARTS) is 2. The van der Waals surface area contributed by atoms with Crippen molar-refractivity contribution in [3.63, 3.8) is 0 Å². The second-order valence-electron chi connectivity index (χ2n) is 5.15. The number of carbonyl (C=O) groups is 3. The summed E-state index contributed by atoms with van der Waals surface area (Å²) in [4.78, 5) is 35.4. The molecule has 0 saturated heterocycles. The summed E-state index contributed by atoms with van der Waals surface area (Å²) in [5, 5.41) is 17.5. The van der Waals surface area contributed by atoms with Gasteiger partial charge < -0.3 is 14.8 Å². The van der Waals surface area contributed by atoms with Crippen molar-refractivity contribution in [2.45, 2.75) is 0 Å². The maximum atomic E-state index is 13.6. The van der Waals surface area contributed by atoms with Gasteiger partial charge in [0.05, 0.1) is 0 Å². The van der Waals surface area contributed by atoms with Crippen LogP contribution in [0.1, 0.15) is 10.4 Å². The molecule has 2 N–H and O–H groups in total. The number of fused-ring (bicyclic) bond motifs is 3. The molecule has 1 aliphatic rings. The van der Waals surface area contributed by atoms with Gasteiger partial charge in [0.2, 0.25) is 12.7 Å². The van der Waals surface area contributed by atoms with Crippen molar-refractivity contribution in [2.24, 2.45) is 0 Å². The van der Waals surface area contributed by atoms with E-state index in [4.69, 9.17) is 5.11 Å². The summed E-state index contributed by atoms with van der Waals surface area (Å²) >= 11 is 0. The van der Waals surface area contributed by atoms with Crippen LogP contribution in [-0.4, -0.2) is 27.7 Å². The third-order valence-electron chi connectivity index (χ3n) is 3.80. The van der Waals surface area contributed by atoms with Crippen LogP contribution < -0.4 is 5.30 Å². The molecule has 0 spiro atoms. The highest BCUT2D eigenvalue weighted by Gasteiger charge is 2.47. The van der Waals surface area contributed by atoms with E-state index >= 15 is 0 Å².